The first-order valence-electron chi connectivity index (χ1n) is 10.4. The summed E-state index contributed by atoms with van der Waals surface area (Å²) >= 11 is 6.14. The number of benzene rings is 1. The largest absolute Gasteiger partial charge is 0.342 e. The predicted molar refractivity (Wildman–Crippen MR) is 110 cm³/mol. The van der Waals surface area contributed by atoms with Gasteiger partial charge in [0.25, 0.3) is 0 Å². The Labute approximate surface area is 173 Å². The van der Waals surface area contributed by atoms with Gasteiger partial charge in [0.15, 0.2) is 0 Å². The van der Waals surface area contributed by atoms with Crippen molar-refractivity contribution in [3.05, 3.63) is 28.8 Å². The Morgan fingerprint density at radius 3 is 2.39 bits per heavy atom. The lowest BCUT2D eigenvalue weighted by molar-refractivity contribution is -0.135. The number of carbonyl (C=O) groups is 1. The molecule has 1 aromatic rings. The standard InChI is InChI=1S/C21H29ClN2O3S/c1-15-19(22)9-4-10-20(15)28(26,27)24-11-5-8-18(14-24)21(25)23-12-16-6-2-3-7-17(16)13-23/h4,9-10,16-18H,2-3,5-8,11-14H2,1H3/t16-,17+,18-/m0/s1. The fourth-order valence-corrected chi connectivity index (χ4v) is 7.21. The number of sulfonamides is 1. The van der Waals surface area contributed by atoms with Crippen LogP contribution in [0.1, 0.15) is 44.1 Å². The minimum Gasteiger partial charge on any atom is -0.342 e. The normalized spacial score (nSPS) is 28.9. The van der Waals surface area contributed by atoms with Crippen LogP contribution in [0.3, 0.4) is 0 Å². The first-order chi connectivity index (χ1) is 13.4. The third-order valence-corrected chi connectivity index (χ3v) is 9.28. The summed E-state index contributed by atoms with van der Waals surface area (Å²) in [6, 6.07) is 4.97. The average molecular weight is 425 g/mol. The summed E-state index contributed by atoms with van der Waals surface area (Å²) in [6.45, 7) is 4.19. The van der Waals surface area contributed by atoms with Gasteiger partial charge in [-0.25, -0.2) is 8.42 Å². The van der Waals surface area contributed by atoms with Gasteiger partial charge in [0.2, 0.25) is 15.9 Å². The summed E-state index contributed by atoms with van der Waals surface area (Å²) in [4.78, 5) is 15.4. The lowest BCUT2D eigenvalue weighted by atomic mass is 9.82. The van der Waals surface area contributed by atoms with Gasteiger partial charge in [0, 0.05) is 31.2 Å². The summed E-state index contributed by atoms with van der Waals surface area (Å²) in [7, 11) is -3.65. The molecule has 1 aromatic carbocycles. The molecule has 0 aromatic heterocycles. The zero-order valence-corrected chi connectivity index (χ0v) is 18.0. The van der Waals surface area contributed by atoms with Gasteiger partial charge < -0.3 is 4.90 Å². The maximum absolute atomic E-state index is 13.2. The van der Waals surface area contributed by atoms with Gasteiger partial charge in [-0.15, -0.1) is 0 Å². The topological polar surface area (TPSA) is 57.7 Å². The van der Waals surface area contributed by atoms with Gasteiger partial charge in [-0.2, -0.15) is 4.31 Å². The molecule has 154 valence electrons. The minimum atomic E-state index is -3.65. The first kappa shape index (κ1) is 20.2. The highest BCUT2D eigenvalue weighted by Gasteiger charge is 2.41. The molecule has 1 aliphatic carbocycles. The molecule has 3 atom stereocenters. The second-order valence-electron chi connectivity index (χ2n) is 8.61. The van der Waals surface area contributed by atoms with Crippen LogP contribution in [0.5, 0.6) is 0 Å². The van der Waals surface area contributed by atoms with Crippen LogP contribution >= 0.6 is 11.6 Å². The molecule has 28 heavy (non-hydrogen) atoms. The van der Waals surface area contributed by atoms with Crippen LogP contribution in [0.15, 0.2) is 23.1 Å². The zero-order valence-electron chi connectivity index (χ0n) is 16.4. The number of piperidine rings is 1. The highest BCUT2D eigenvalue weighted by atomic mass is 35.5. The third-order valence-electron chi connectivity index (χ3n) is 6.86. The van der Waals surface area contributed by atoms with E-state index in [-0.39, 0.29) is 23.3 Å². The molecular formula is C21H29ClN2O3S. The van der Waals surface area contributed by atoms with Crippen molar-refractivity contribution in [3.63, 3.8) is 0 Å². The van der Waals surface area contributed by atoms with Crippen molar-refractivity contribution in [2.75, 3.05) is 26.2 Å². The molecule has 0 bridgehead atoms. The van der Waals surface area contributed by atoms with E-state index < -0.39 is 10.0 Å². The van der Waals surface area contributed by atoms with E-state index in [1.807, 2.05) is 4.90 Å². The average Bonchev–Trinajstić information content (AvgIpc) is 3.13. The van der Waals surface area contributed by atoms with E-state index in [1.165, 1.54) is 30.0 Å². The molecule has 2 aliphatic heterocycles. The Bertz CT molecular complexity index is 843. The minimum absolute atomic E-state index is 0.150. The Hall–Kier alpha value is -1.11. The van der Waals surface area contributed by atoms with Gasteiger partial charge in [-0.3, -0.25) is 4.79 Å². The van der Waals surface area contributed by atoms with Gasteiger partial charge in [0.1, 0.15) is 0 Å². The van der Waals surface area contributed by atoms with E-state index >= 15 is 0 Å². The number of carbonyl (C=O) groups excluding carboxylic acids is 1. The van der Waals surface area contributed by atoms with Crippen molar-refractivity contribution < 1.29 is 13.2 Å². The second-order valence-corrected chi connectivity index (χ2v) is 10.9. The molecule has 1 saturated carbocycles. The maximum Gasteiger partial charge on any atom is 0.243 e. The van der Waals surface area contributed by atoms with Gasteiger partial charge in [-0.05, 0) is 62.1 Å². The van der Waals surface area contributed by atoms with Gasteiger partial charge >= 0.3 is 0 Å². The van der Waals surface area contributed by atoms with Crippen LogP contribution in [0.4, 0.5) is 0 Å². The molecule has 0 spiro atoms. The number of amides is 1. The van der Waals surface area contributed by atoms with E-state index in [1.54, 1.807) is 25.1 Å². The maximum atomic E-state index is 13.2. The first-order valence-corrected chi connectivity index (χ1v) is 12.2. The molecule has 0 radical (unpaired) electrons. The molecule has 2 heterocycles. The molecule has 2 saturated heterocycles. The van der Waals surface area contributed by atoms with E-state index in [9.17, 15) is 13.2 Å². The summed E-state index contributed by atoms with van der Waals surface area (Å²) in [5.74, 6) is 1.21. The SMILES string of the molecule is Cc1c(Cl)cccc1S(=O)(=O)N1CCC[C@H](C(=O)N2C[C@H]3CCCC[C@H]3C2)C1. The summed E-state index contributed by atoms with van der Waals surface area (Å²) in [5, 5.41) is 0.449. The molecule has 7 heteroatoms. The smallest absolute Gasteiger partial charge is 0.243 e. The van der Waals surface area contributed by atoms with E-state index in [4.69, 9.17) is 11.6 Å². The van der Waals surface area contributed by atoms with Crippen molar-refractivity contribution in [1.82, 2.24) is 9.21 Å². The van der Waals surface area contributed by atoms with Crippen molar-refractivity contribution in [2.24, 2.45) is 17.8 Å². The second kappa shape index (κ2) is 7.96. The molecule has 0 N–H and O–H groups in total. The van der Waals surface area contributed by atoms with Crippen LogP contribution in [0.2, 0.25) is 5.02 Å². The molecular weight excluding hydrogens is 396 g/mol. The van der Waals surface area contributed by atoms with Crippen LogP contribution in [0.25, 0.3) is 0 Å². The van der Waals surface area contributed by atoms with Crippen LogP contribution < -0.4 is 0 Å². The van der Waals surface area contributed by atoms with Crippen LogP contribution in [-0.2, 0) is 14.8 Å². The van der Waals surface area contributed by atoms with Crippen molar-refractivity contribution in [3.8, 4) is 0 Å². The van der Waals surface area contributed by atoms with Gasteiger partial charge in [0.05, 0.1) is 10.8 Å². The van der Waals surface area contributed by atoms with E-state index in [0.717, 1.165) is 25.9 Å². The van der Waals surface area contributed by atoms with Gasteiger partial charge in [-0.1, -0.05) is 30.5 Å². The van der Waals surface area contributed by atoms with Crippen molar-refractivity contribution in [1.29, 1.82) is 0 Å². The number of nitrogens with zero attached hydrogens (tertiary/aromatic N) is 2. The summed E-state index contributed by atoms with van der Waals surface area (Å²) in [5.41, 5.74) is 0.571. The van der Waals surface area contributed by atoms with Crippen molar-refractivity contribution in [2.45, 2.75) is 50.3 Å². The Morgan fingerprint density at radius 1 is 1.04 bits per heavy atom. The Balaban J connectivity index is 1.48. The van der Waals surface area contributed by atoms with E-state index in [0.29, 0.717) is 29.0 Å². The highest BCUT2D eigenvalue weighted by molar-refractivity contribution is 7.89. The molecule has 3 aliphatic rings. The predicted octanol–water partition coefficient (Wildman–Crippen LogP) is 3.70. The monoisotopic (exact) mass is 424 g/mol. The Kier molecular flexibility index (Phi) is 5.73. The fourth-order valence-electron chi connectivity index (χ4n) is 5.21. The molecule has 4 rings (SSSR count). The van der Waals surface area contributed by atoms with Crippen LogP contribution in [0, 0.1) is 24.7 Å². The number of fused-ring (bicyclic) bond motifs is 1. The fraction of sp³-hybridized carbons (Fsp3) is 0.667. The van der Waals surface area contributed by atoms with Crippen molar-refractivity contribution >= 4 is 27.5 Å². The highest BCUT2D eigenvalue weighted by Crippen LogP contribution is 2.37. The Morgan fingerprint density at radius 2 is 1.71 bits per heavy atom. The molecule has 5 nitrogen and oxygen atoms in total. The number of halogens is 1. The number of likely N-dealkylation sites (tertiary alicyclic amines) is 1. The molecule has 3 fully saturated rings. The number of hydrogen-bond acceptors (Lipinski definition) is 3. The quantitative estimate of drug-likeness (QED) is 0.743. The lowest BCUT2D eigenvalue weighted by Crippen LogP contribution is -2.46. The molecule has 0 unspecified atom stereocenters. The zero-order chi connectivity index (χ0) is 19.9. The summed E-state index contributed by atoms with van der Waals surface area (Å²) in [6.07, 6.45) is 6.50. The third kappa shape index (κ3) is 3.71. The summed E-state index contributed by atoms with van der Waals surface area (Å²) < 4.78 is 27.9. The van der Waals surface area contributed by atoms with E-state index in [2.05, 4.69) is 0 Å². The molecule has 1 amide bonds. The van der Waals surface area contributed by atoms with Crippen LogP contribution in [-0.4, -0.2) is 49.7 Å². The number of rotatable bonds is 3. The number of hydrogen-bond donors (Lipinski definition) is 0. The lowest BCUT2D eigenvalue weighted by Gasteiger charge is -2.33.